The van der Waals surface area contributed by atoms with Crippen molar-refractivity contribution in [3.63, 3.8) is 0 Å². The van der Waals surface area contributed by atoms with Crippen LogP contribution in [0.15, 0.2) is 12.4 Å². The van der Waals surface area contributed by atoms with Gasteiger partial charge in [-0.05, 0) is 19.3 Å². The fourth-order valence-corrected chi connectivity index (χ4v) is 1.67. The van der Waals surface area contributed by atoms with Crippen LogP contribution in [0.4, 0.5) is 0 Å². The summed E-state index contributed by atoms with van der Waals surface area (Å²) in [6.45, 7) is 6.48. The van der Waals surface area contributed by atoms with E-state index in [0.29, 0.717) is 18.4 Å². The third kappa shape index (κ3) is 2.50. The number of nitrogens with zero attached hydrogens (tertiary/aromatic N) is 2. The van der Waals surface area contributed by atoms with E-state index in [9.17, 15) is 9.90 Å². The molecule has 0 aliphatic rings. The van der Waals surface area contributed by atoms with Crippen LogP contribution in [0.25, 0.3) is 0 Å². The highest BCUT2D eigenvalue weighted by atomic mass is 16.3. The molecule has 0 saturated carbocycles. The minimum atomic E-state index is -1.24. The molecule has 16 heavy (non-hydrogen) atoms. The fourth-order valence-electron chi connectivity index (χ4n) is 1.67. The van der Waals surface area contributed by atoms with Crippen LogP contribution in [0.2, 0.25) is 0 Å². The van der Waals surface area contributed by atoms with E-state index in [2.05, 4.69) is 12.0 Å². The highest BCUT2D eigenvalue weighted by Crippen LogP contribution is 2.20. The predicted molar refractivity (Wildman–Crippen MR) is 62.4 cm³/mol. The summed E-state index contributed by atoms with van der Waals surface area (Å²) in [6.07, 6.45) is 5.08. The molecule has 0 amide bonds. The first-order valence-corrected chi connectivity index (χ1v) is 5.87. The molecule has 0 atom stereocenters. The lowest BCUT2D eigenvalue weighted by Crippen LogP contribution is -2.37. The average molecular weight is 224 g/mol. The molecule has 0 aliphatic heterocycles. The summed E-state index contributed by atoms with van der Waals surface area (Å²) in [6, 6.07) is 0. The van der Waals surface area contributed by atoms with E-state index < -0.39 is 5.60 Å². The first-order chi connectivity index (χ1) is 7.57. The second-order valence-corrected chi connectivity index (χ2v) is 4.06. The van der Waals surface area contributed by atoms with Crippen molar-refractivity contribution in [3.8, 4) is 0 Å². The zero-order chi connectivity index (χ0) is 12.2. The molecule has 0 bridgehead atoms. The van der Waals surface area contributed by atoms with E-state index in [1.165, 1.54) is 6.20 Å². The number of Topliss-reactive ketones (excluding diaryl/α,β-unsaturated/α-hetero) is 1. The summed E-state index contributed by atoms with van der Waals surface area (Å²) in [5, 5.41) is 14.2. The molecule has 0 unspecified atom stereocenters. The minimum absolute atomic E-state index is 0.222. The van der Waals surface area contributed by atoms with Crippen molar-refractivity contribution in [1.29, 1.82) is 0 Å². The van der Waals surface area contributed by atoms with Gasteiger partial charge in [0, 0.05) is 12.7 Å². The monoisotopic (exact) mass is 224 g/mol. The van der Waals surface area contributed by atoms with Gasteiger partial charge in [-0.25, -0.2) is 0 Å². The summed E-state index contributed by atoms with van der Waals surface area (Å²) >= 11 is 0. The highest BCUT2D eigenvalue weighted by Gasteiger charge is 2.33. The van der Waals surface area contributed by atoms with E-state index in [4.69, 9.17) is 0 Å². The van der Waals surface area contributed by atoms with Gasteiger partial charge in [-0.15, -0.1) is 0 Å². The average Bonchev–Trinajstić information content (AvgIpc) is 2.76. The quantitative estimate of drug-likeness (QED) is 0.752. The molecule has 0 fully saturated rings. The van der Waals surface area contributed by atoms with Crippen LogP contribution < -0.4 is 0 Å². The van der Waals surface area contributed by atoms with Gasteiger partial charge in [-0.3, -0.25) is 9.48 Å². The van der Waals surface area contributed by atoms with Gasteiger partial charge in [0.2, 0.25) is 0 Å². The van der Waals surface area contributed by atoms with Gasteiger partial charge < -0.3 is 5.11 Å². The largest absolute Gasteiger partial charge is 0.382 e. The maximum atomic E-state index is 12.0. The Morgan fingerprint density at radius 2 is 2.06 bits per heavy atom. The van der Waals surface area contributed by atoms with E-state index in [1.807, 2.05) is 13.8 Å². The van der Waals surface area contributed by atoms with Crippen LogP contribution in [0.1, 0.15) is 50.4 Å². The SMILES string of the molecule is CCCn1cc(C(=O)C(O)(CC)CC)cn1. The van der Waals surface area contributed by atoms with E-state index in [0.717, 1.165) is 13.0 Å². The molecule has 4 heteroatoms. The summed E-state index contributed by atoms with van der Waals surface area (Å²) < 4.78 is 1.74. The van der Waals surface area contributed by atoms with Crippen LogP contribution in [-0.2, 0) is 6.54 Å². The molecule has 0 aromatic carbocycles. The number of aromatic nitrogens is 2. The van der Waals surface area contributed by atoms with E-state index >= 15 is 0 Å². The van der Waals surface area contributed by atoms with Crippen LogP contribution in [-0.4, -0.2) is 26.3 Å². The Kier molecular flexibility index (Phi) is 4.24. The third-order valence-electron chi connectivity index (χ3n) is 2.94. The number of hydrogen-bond donors (Lipinski definition) is 1. The number of carbonyl (C=O) groups excluding carboxylic acids is 1. The summed E-state index contributed by atoms with van der Waals surface area (Å²) in [5.74, 6) is -0.222. The number of rotatable bonds is 6. The first-order valence-electron chi connectivity index (χ1n) is 5.87. The van der Waals surface area contributed by atoms with Gasteiger partial charge in [0.1, 0.15) is 5.60 Å². The topological polar surface area (TPSA) is 55.1 Å². The van der Waals surface area contributed by atoms with Gasteiger partial charge >= 0.3 is 0 Å². The second-order valence-electron chi connectivity index (χ2n) is 4.06. The molecular weight excluding hydrogens is 204 g/mol. The van der Waals surface area contributed by atoms with E-state index in [-0.39, 0.29) is 5.78 Å². The Hall–Kier alpha value is -1.16. The van der Waals surface area contributed by atoms with Crippen LogP contribution in [0.3, 0.4) is 0 Å². The molecule has 0 spiro atoms. The summed E-state index contributed by atoms with van der Waals surface area (Å²) in [7, 11) is 0. The molecule has 1 rings (SSSR count). The summed E-state index contributed by atoms with van der Waals surface area (Å²) in [4.78, 5) is 12.0. The lowest BCUT2D eigenvalue weighted by molar-refractivity contribution is 0.0277. The predicted octanol–water partition coefficient (Wildman–Crippen LogP) is 2.03. The molecular formula is C12H20N2O2. The Labute approximate surface area is 96.3 Å². The Morgan fingerprint density at radius 3 is 2.56 bits per heavy atom. The van der Waals surface area contributed by atoms with E-state index in [1.54, 1.807) is 10.9 Å². The Bertz CT molecular complexity index is 354. The zero-order valence-corrected chi connectivity index (χ0v) is 10.2. The van der Waals surface area contributed by atoms with Crippen LogP contribution in [0, 0.1) is 0 Å². The van der Waals surface area contributed by atoms with Gasteiger partial charge in [-0.2, -0.15) is 5.10 Å². The van der Waals surface area contributed by atoms with Gasteiger partial charge in [0.15, 0.2) is 5.78 Å². The molecule has 1 N–H and O–H groups in total. The van der Waals surface area contributed by atoms with Crippen molar-refractivity contribution < 1.29 is 9.90 Å². The third-order valence-corrected chi connectivity index (χ3v) is 2.94. The van der Waals surface area contributed by atoms with Crippen molar-refractivity contribution in [2.75, 3.05) is 0 Å². The highest BCUT2D eigenvalue weighted by molar-refractivity contribution is 6.01. The Balaban J connectivity index is 2.87. The number of ketones is 1. The van der Waals surface area contributed by atoms with Crippen molar-refractivity contribution in [3.05, 3.63) is 18.0 Å². The fraction of sp³-hybridized carbons (Fsp3) is 0.667. The Morgan fingerprint density at radius 1 is 1.44 bits per heavy atom. The standard InChI is InChI=1S/C12H20N2O2/c1-4-7-14-9-10(8-13-14)11(15)12(16,5-2)6-3/h8-9,16H,4-7H2,1-3H3. The molecule has 0 radical (unpaired) electrons. The molecule has 90 valence electrons. The molecule has 0 aliphatic carbocycles. The van der Waals surface area contributed by atoms with Crippen molar-refractivity contribution >= 4 is 5.78 Å². The molecule has 4 nitrogen and oxygen atoms in total. The maximum Gasteiger partial charge on any atom is 0.197 e. The minimum Gasteiger partial charge on any atom is -0.382 e. The maximum absolute atomic E-state index is 12.0. The smallest absolute Gasteiger partial charge is 0.197 e. The molecule has 1 aromatic rings. The molecule has 1 heterocycles. The second kappa shape index (κ2) is 5.25. The number of aliphatic hydroxyl groups is 1. The van der Waals surface area contributed by atoms with Gasteiger partial charge in [0.05, 0.1) is 11.8 Å². The number of hydrogen-bond acceptors (Lipinski definition) is 3. The van der Waals surface area contributed by atoms with Crippen molar-refractivity contribution in [2.45, 2.75) is 52.2 Å². The van der Waals surface area contributed by atoms with Crippen LogP contribution in [0.5, 0.6) is 0 Å². The van der Waals surface area contributed by atoms with Gasteiger partial charge in [0.25, 0.3) is 0 Å². The normalized spacial score (nSPS) is 11.8. The molecule has 1 aromatic heterocycles. The van der Waals surface area contributed by atoms with Crippen molar-refractivity contribution in [2.24, 2.45) is 0 Å². The number of carbonyl (C=O) groups is 1. The summed E-state index contributed by atoms with van der Waals surface area (Å²) in [5.41, 5.74) is -0.736. The van der Waals surface area contributed by atoms with Crippen LogP contribution >= 0.6 is 0 Å². The van der Waals surface area contributed by atoms with Crippen molar-refractivity contribution in [1.82, 2.24) is 9.78 Å². The van der Waals surface area contributed by atoms with Gasteiger partial charge in [-0.1, -0.05) is 20.8 Å². The molecule has 0 saturated heterocycles. The first kappa shape index (κ1) is 12.9. The number of aryl methyl sites for hydroxylation is 1. The lowest BCUT2D eigenvalue weighted by atomic mass is 9.89. The lowest BCUT2D eigenvalue weighted by Gasteiger charge is -2.22. The zero-order valence-electron chi connectivity index (χ0n) is 10.2.